The van der Waals surface area contributed by atoms with E-state index >= 15 is 0 Å². The van der Waals surface area contributed by atoms with E-state index < -0.39 is 0 Å². The predicted molar refractivity (Wildman–Crippen MR) is 107 cm³/mol. The van der Waals surface area contributed by atoms with Crippen LogP contribution in [-0.2, 0) is 0 Å². The van der Waals surface area contributed by atoms with Crippen LogP contribution < -0.4 is 4.90 Å². The number of hydrogen-bond donors (Lipinski definition) is 0. The third-order valence-electron chi connectivity index (χ3n) is 4.50. The van der Waals surface area contributed by atoms with Crippen LogP contribution in [0.5, 0.6) is 0 Å². The van der Waals surface area contributed by atoms with Crippen LogP contribution in [0.15, 0.2) is 97.6 Å². The lowest BCUT2D eigenvalue weighted by atomic mass is 10.1. The van der Waals surface area contributed by atoms with Gasteiger partial charge in [-0.2, -0.15) is 0 Å². The van der Waals surface area contributed by atoms with Gasteiger partial charge in [-0.1, -0.05) is 36.4 Å². The molecule has 126 valence electrons. The molecule has 3 nitrogen and oxygen atoms in total. The van der Waals surface area contributed by atoms with Gasteiger partial charge in [0.15, 0.2) is 0 Å². The molecule has 0 bridgehead atoms. The second kappa shape index (κ2) is 7.19. The summed E-state index contributed by atoms with van der Waals surface area (Å²) in [7, 11) is 2.08. The molecular formula is C23H19N3. The molecule has 0 amide bonds. The van der Waals surface area contributed by atoms with Gasteiger partial charge in [-0.25, -0.2) is 0 Å². The Bertz CT molecular complexity index is 880. The van der Waals surface area contributed by atoms with Gasteiger partial charge in [0.1, 0.15) is 0 Å². The lowest BCUT2D eigenvalue weighted by Gasteiger charge is -2.20. The van der Waals surface area contributed by atoms with Crippen LogP contribution in [0.3, 0.4) is 0 Å². The van der Waals surface area contributed by atoms with Crippen molar-refractivity contribution in [2.75, 3.05) is 11.9 Å². The normalized spacial score (nSPS) is 10.5. The fraction of sp³-hybridized carbons (Fsp3) is 0.0435. The first kappa shape index (κ1) is 16.0. The maximum atomic E-state index is 4.18. The van der Waals surface area contributed by atoms with Crippen molar-refractivity contribution < 1.29 is 0 Å². The summed E-state index contributed by atoms with van der Waals surface area (Å²) in [6.07, 6.45) is 7.35. The third-order valence-corrected chi connectivity index (χ3v) is 4.50. The highest BCUT2D eigenvalue weighted by molar-refractivity contribution is 5.71. The van der Waals surface area contributed by atoms with Crippen molar-refractivity contribution in [1.82, 2.24) is 9.97 Å². The summed E-state index contributed by atoms with van der Waals surface area (Å²) in [6, 6.07) is 25.1. The molecule has 2 heterocycles. The summed E-state index contributed by atoms with van der Waals surface area (Å²) < 4.78 is 0. The number of rotatable bonds is 4. The fourth-order valence-corrected chi connectivity index (χ4v) is 2.97. The first-order valence-electron chi connectivity index (χ1n) is 8.56. The van der Waals surface area contributed by atoms with E-state index in [-0.39, 0.29) is 0 Å². The average molecular weight is 337 g/mol. The Labute approximate surface area is 153 Å². The zero-order valence-electron chi connectivity index (χ0n) is 14.6. The van der Waals surface area contributed by atoms with Crippen molar-refractivity contribution in [2.24, 2.45) is 0 Å². The van der Waals surface area contributed by atoms with Gasteiger partial charge in [0, 0.05) is 43.2 Å². The van der Waals surface area contributed by atoms with Gasteiger partial charge in [0.2, 0.25) is 0 Å². The first-order chi connectivity index (χ1) is 12.8. The van der Waals surface area contributed by atoms with E-state index in [1.165, 1.54) is 11.1 Å². The minimum absolute atomic E-state index is 1.13. The van der Waals surface area contributed by atoms with Crippen LogP contribution in [0.25, 0.3) is 22.3 Å². The summed E-state index contributed by atoms with van der Waals surface area (Å²) in [5, 5.41) is 0. The maximum Gasteiger partial charge on any atom is 0.0408 e. The standard InChI is InChI=1S/C23H19N3/c1-26(22-10-6-18(7-11-22)20-4-2-14-24-16-20)23-12-8-19(9-13-23)21-5-3-15-25-17-21/h2-17H,1H3. The highest BCUT2D eigenvalue weighted by atomic mass is 15.1. The van der Waals surface area contributed by atoms with Gasteiger partial charge in [0.25, 0.3) is 0 Å². The monoisotopic (exact) mass is 337 g/mol. The number of aromatic nitrogens is 2. The number of pyridine rings is 2. The highest BCUT2D eigenvalue weighted by Gasteiger charge is 2.06. The molecule has 4 rings (SSSR count). The van der Waals surface area contributed by atoms with Crippen LogP contribution in [0, 0.1) is 0 Å². The molecule has 4 aromatic rings. The van der Waals surface area contributed by atoms with Crippen molar-refractivity contribution in [1.29, 1.82) is 0 Å². The summed E-state index contributed by atoms with van der Waals surface area (Å²) in [4.78, 5) is 10.5. The maximum absolute atomic E-state index is 4.18. The minimum atomic E-state index is 1.13. The second-order valence-corrected chi connectivity index (χ2v) is 6.14. The molecule has 0 aliphatic carbocycles. The molecule has 0 saturated heterocycles. The molecule has 0 saturated carbocycles. The number of hydrogen-bond acceptors (Lipinski definition) is 3. The van der Waals surface area contributed by atoms with E-state index in [1.807, 2.05) is 24.5 Å². The summed E-state index contributed by atoms with van der Waals surface area (Å²) in [5.41, 5.74) is 6.88. The molecule has 2 aromatic heterocycles. The van der Waals surface area contributed by atoms with Crippen molar-refractivity contribution in [3.63, 3.8) is 0 Å². The summed E-state index contributed by atoms with van der Waals surface area (Å²) in [6.45, 7) is 0. The lowest BCUT2D eigenvalue weighted by Crippen LogP contribution is -2.08. The third kappa shape index (κ3) is 3.33. The Morgan fingerprint density at radius 2 is 0.962 bits per heavy atom. The molecule has 3 heteroatoms. The van der Waals surface area contributed by atoms with Gasteiger partial charge < -0.3 is 4.90 Å². The molecule has 26 heavy (non-hydrogen) atoms. The Morgan fingerprint density at radius 3 is 1.31 bits per heavy atom. The molecular weight excluding hydrogens is 318 g/mol. The molecule has 0 aliphatic rings. The molecule has 0 N–H and O–H groups in total. The van der Waals surface area contributed by atoms with Crippen LogP contribution in [-0.4, -0.2) is 17.0 Å². The molecule has 0 radical (unpaired) electrons. The molecule has 0 spiro atoms. The number of benzene rings is 2. The van der Waals surface area contributed by atoms with E-state index in [0.717, 1.165) is 22.5 Å². The SMILES string of the molecule is CN(c1ccc(-c2cccnc2)cc1)c1ccc(-c2cccnc2)cc1. The molecule has 0 atom stereocenters. The van der Waals surface area contributed by atoms with Gasteiger partial charge >= 0.3 is 0 Å². The van der Waals surface area contributed by atoms with Gasteiger partial charge in [-0.05, 0) is 58.7 Å². The smallest absolute Gasteiger partial charge is 0.0408 e. The Balaban J connectivity index is 1.55. The van der Waals surface area contributed by atoms with E-state index in [0.29, 0.717) is 0 Å². The van der Waals surface area contributed by atoms with Crippen LogP contribution in [0.1, 0.15) is 0 Å². The van der Waals surface area contributed by atoms with E-state index in [9.17, 15) is 0 Å². The van der Waals surface area contributed by atoms with Crippen molar-refractivity contribution in [2.45, 2.75) is 0 Å². The highest BCUT2D eigenvalue weighted by Crippen LogP contribution is 2.28. The quantitative estimate of drug-likeness (QED) is 0.487. The van der Waals surface area contributed by atoms with Gasteiger partial charge in [0.05, 0.1) is 0 Å². The Morgan fingerprint density at radius 1 is 0.538 bits per heavy atom. The van der Waals surface area contributed by atoms with Gasteiger partial charge in [-0.3, -0.25) is 9.97 Å². The molecule has 2 aromatic carbocycles. The zero-order chi connectivity index (χ0) is 17.8. The van der Waals surface area contributed by atoms with Crippen LogP contribution in [0.4, 0.5) is 11.4 Å². The second-order valence-electron chi connectivity index (χ2n) is 6.14. The summed E-state index contributed by atoms with van der Waals surface area (Å²) in [5.74, 6) is 0. The molecule has 0 unspecified atom stereocenters. The van der Waals surface area contributed by atoms with Crippen LogP contribution in [0.2, 0.25) is 0 Å². The predicted octanol–water partition coefficient (Wildman–Crippen LogP) is 5.58. The van der Waals surface area contributed by atoms with E-state index in [1.54, 1.807) is 12.4 Å². The summed E-state index contributed by atoms with van der Waals surface area (Å²) >= 11 is 0. The molecule has 0 aliphatic heterocycles. The van der Waals surface area contributed by atoms with Crippen molar-refractivity contribution >= 4 is 11.4 Å². The minimum Gasteiger partial charge on any atom is -0.345 e. The van der Waals surface area contributed by atoms with E-state index in [4.69, 9.17) is 0 Å². The largest absolute Gasteiger partial charge is 0.345 e. The first-order valence-corrected chi connectivity index (χ1v) is 8.56. The van der Waals surface area contributed by atoms with Crippen molar-refractivity contribution in [3.05, 3.63) is 97.6 Å². The molecule has 0 fully saturated rings. The van der Waals surface area contributed by atoms with Crippen LogP contribution >= 0.6 is 0 Å². The number of nitrogens with zero attached hydrogens (tertiary/aromatic N) is 3. The van der Waals surface area contributed by atoms with Gasteiger partial charge in [-0.15, -0.1) is 0 Å². The topological polar surface area (TPSA) is 29.0 Å². The average Bonchev–Trinajstić information content (AvgIpc) is 2.75. The fourth-order valence-electron chi connectivity index (χ4n) is 2.97. The zero-order valence-corrected chi connectivity index (χ0v) is 14.6. The number of anilines is 2. The van der Waals surface area contributed by atoms with Crippen molar-refractivity contribution in [3.8, 4) is 22.3 Å². The van der Waals surface area contributed by atoms with E-state index in [2.05, 4.69) is 82.6 Å². The Hall–Kier alpha value is -3.46. The Kier molecular flexibility index (Phi) is 4.44. The lowest BCUT2D eigenvalue weighted by molar-refractivity contribution is 1.21.